The molecular weight excluding hydrogens is 611 g/mol. The van der Waals surface area contributed by atoms with Crippen LogP contribution in [0.3, 0.4) is 0 Å². The van der Waals surface area contributed by atoms with Crippen LogP contribution in [0.2, 0.25) is 0 Å². The fraction of sp³-hybridized carbons (Fsp3) is 0.417. The van der Waals surface area contributed by atoms with E-state index in [4.69, 9.17) is 14.8 Å². The van der Waals surface area contributed by atoms with Crippen LogP contribution in [0.1, 0.15) is 74.8 Å². The van der Waals surface area contributed by atoms with Crippen LogP contribution >= 0.6 is 0 Å². The van der Waals surface area contributed by atoms with Gasteiger partial charge in [-0.15, -0.1) is 13.2 Å². The number of carbonyl (C=O) groups is 2. The molecule has 1 aliphatic heterocycles. The Hall–Kier alpha value is -4.54. The Kier molecular flexibility index (Phi) is 10.1. The number of hydrogen-bond acceptors (Lipinski definition) is 5. The van der Waals surface area contributed by atoms with Crippen molar-refractivity contribution in [3.8, 4) is 16.9 Å². The maximum atomic E-state index is 12.6. The van der Waals surface area contributed by atoms with E-state index in [1.807, 2.05) is 36.4 Å². The number of aliphatic carboxylic acids is 1. The van der Waals surface area contributed by atoms with Crippen molar-refractivity contribution < 1.29 is 37.3 Å². The largest absolute Gasteiger partial charge is 0.573 e. The number of halogens is 3. The molecule has 47 heavy (non-hydrogen) atoms. The molecule has 2 fully saturated rings. The van der Waals surface area contributed by atoms with Crippen LogP contribution in [-0.4, -0.2) is 53.5 Å². The summed E-state index contributed by atoms with van der Waals surface area (Å²) >= 11 is 0. The van der Waals surface area contributed by atoms with Gasteiger partial charge in [0.25, 0.3) is 11.9 Å². The number of carboxylic acids is 1. The van der Waals surface area contributed by atoms with Gasteiger partial charge < -0.3 is 24.8 Å². The molecule has 1 atom stereocenters. The molecule has 0 bridgehead atoms. The maximum absolute atomic E-state index is 12.6. The molecule has 1 unspecified atom stereocenters. The Labute approximate surface area is 272 Å². The highest BCUT2D eigenvalue weighted by Crippen LogP contribution is 2.42. The predicted molar refractivity (Wildman–Crippen MR) is 172 cm³/mol. The first-order valence-corrected chi connectivity index (χ1v) is 15.8. The van der Waals surface area contributed by atoms with Crippen molar-refractivity contribution in [2.45, 2.75) is 71.3 Å². The van der Waals surface area contributed by atoms with Crippen molar-refractivity contribution in [3.63, 3.8) is 0 Å². The van der Waals surface area contributed by atoms with Gasteiger partial charge in [-0.2, -0.15) is 4.99 Å². The molecule has 0 spiro atoms. The first kappa shape index (κ1) is 33.8. The Bertz CT molecular complexity index is 1580. The van der Waals surface area contributed by atoms with Crippen molar-refractivity contribution in [2.75, 3.05) is 13.2 Å². The highest BCUT2D eigenvalue weighted by Gasteiger charge is 2.41. The monoisotopic (exact) mass is 651 g/mol. The third-order valence-corrected chi connectivity index (χ3v) is 8.92. The number of amidine groups is 1. The summed E-state index contributed by atoms with van der Waals surface area (Å²) in [5.41, 5.74) is 3.80. The Morgan fingerprint density at radius 1 is 0.957 bits per heavy atom. The maximum Gasteiger partial charge on any atom is 0.573 e. The number of alkyl halides is 3. The third kappa shape index (κ3) is 8.84. The number of amides is 1. The van der Waals surface area contributed by atoms with Gasteiger partial charge in [-0.1, -0.05) is 57.2 Å². The van der Waals surface area contributed by atoms with Crippen LogP contribution in [0, 0.1) is 11.3 Å². The molecule has 3 aromatic carbocycles. The summed E-state index contributed by atoms with van der Waals surface area (Å²) in [6, 6.07) is 21.0. The lowest BCUT2D eigenvalue weighted by Gasteiger charge is -2.41. The molecular formula is C36H40F3N3O5. The zero-order valence-electron chi connectivity index (χ0n) is 26.7. The second-order valence-electron chi connectivity index (χ2n) is 13.1. The van der Waals surface area contributed by atoms with Crippen molar-refractivity contribution in [1.29, 1.82) is 0 Å². The van der Waals surface area contributed by atoms with E-state index in [1.165, 1.54) is 12.1 Å². The fourth-order valence-corrected chi connectivity index (χ4v) is 6.38. The highest BCUT2D eigenvalue weighted by molar-refractivity contribution is 5.94. The lowest BCUT2D eigenvalue weighted by atomic mass is 9.71. The van der Waals surface area contributed by atoms with E-state index in [-0.39, 0.29) is 42.1 Å². The highest BCUT2D eigenvalue weighted by atomic mass is 19.4. The molecule has 1 saturated carbocycles. The minimum atomic E-state index is -4.76. The summed E-state index contributed by atoms with van der Waals surface area (Å²) in [5, 5.41) is 11.5. The average Bonchev–Trinajstić information content (AvgIpc) is 3.43. The van der Waals surface area contributed by atoms with Gasteiger partial charge in [0.2, 0.25) is 0 Å². The van der Waals surface area contributed by atoms with E-state index in [0.29, 0.717) is 29.8 Å². The quantitative estimate of drug-likeness (QED) is 0.242. The Morgan fingerprint density at radius 2 is 1.64 bits per heavy atom. The van der Waals surface area contributed by atoms with Crippen molar-refractivity contribution in [2.24, 2.45) is 16.3 Å². The smallest absolute Gasteiger partial charge is 0.481 e. The first-order valence-electron chi connectivity index (χ1n) is 15.8. The summed E-state index contributed by atoms with van der Waals surface area (Å²) in [6.45, 7) is 7.29. The van der Waals surface area contributed by atoms with Crippen LogP contribution < -0.4 is 10.1 Å². The number of nitrogens with one attached hydrogen (secondary N) is 1. The number of aliphatic imine (C=N–C) groups is 1. The van der Waals surface area contributed by atoms with E-state index >= 15 is 0 Å². The van der Waals surface area contributed by atoms with E-state index in [9.17, 15) is 22.8 Å². The first-order chi connectivity index (χ1) is 22.3. The average molecular weight is 652 g/mol. The van der Waals surface area contributed by atoms with Crippen LogP contribution in [0.25, 0.3) is 11.1 Å². The van der Waals surface area contributed by atoms with E-state index in [2.05, 4.69) is 35.7 Å². The molecule has 5 rings (SSSR count). The Balaban J connectivity index is 1.39. The van der Waals surface area contributed by atoms with Crippen LogP contribution in [0.5, 0.6) is 5.75 Å². The van der Waals surface area contributed by atoms with E-state index in [1.54, 1.807) is 24.3 Å². The summed E-state index contributed by atoms with van der Waals surface area (Å²) in [7, 11) is 0. The second-order valence-corrected chi connectivity index (χ2v) is 13.1. The van der Waals surface area contributed by atoms with Gasteiger partial charge in [-0.25, -0.2) is 0 Å². The summed E-state index contributed by atoms with van der Waals surface area (Å²) in [4.78, 5) is 30.5. The number of nitrogens with zero attached hydrogens (tertiary/aromatic N) is 2. The molecule has 11 heteroatoms. The van der Waals surface area contributed by atoms with Gasteiger partial charge in [-0.05, 0) is 90.1 Å². The van der Waals surface area contributed by atoms with Crippen molar-refractivity contribution in [3.05, 3.63) is 83.9 Å². The van der Waals surface area contributed by atoms with Gasteiger partial charge >= 0.3 is 12.3 Å². The number of hydrogen-bond donors (Lipinski definition) is 2. The van der Waals surface area contributed by atoms with Crippen LogP contribution in [0.4, 0.5) is 18.9 Å². The van der Waals surface area contributed by atoms with Crippen LogP contribution in [0.15, 0.2) is 77.8 Å². The van der Waals surface area contributed by atoms with E-state index in [0.717, 1.165) is 42.4 Å². The van der Waals surface area contributed by atoms with Gasteiger partial charge in [0.1, 0.15) is 12.4 Å². The molecule has 8 nitrogen and oxygen atoms in total. The molecule has 3 aromatic rings. The molecule has 1 amide bonds. The molecule has 1 aliphatic carbocycles. The number of carbonyl (C=O) groups excluding carboxylic acids is 1. The normalized spacial score (nSPS) is 20.9. The van der Waals surface area contributed by atoms with Crippen LogP contribution in [-0.2, 0) is 9.53 Å². The van der Waals surface area contributed by atoms with Gasteiger partial charge in [0.05, 0.1) is 18.2 Å². The minimum absolute atomic E-state index is 0.0518. The lowest BCUT2D eigenvalue weighted by molar-refractivity contribution is -0.274. The molecule has 250 valence electrons. The zero-order valence-corrected chi connectivity index (χ0v) is 26.7. The Morgan fingerprint density at radius 3 is 2.26 bits per heavy atom. The molecule has 2 aliphatic rings. The number of rotatable bonds is 9. The summed E-state index contributed by atoms with van der Waals surface area (Å²) in [6.07, 6.45) is -0.764. The fourth-order valence-electron chi connectivity index (χ4n) is 6.38. The van der Waals surface area contributed by atoms with E-state index < -0.39 is 12.3 Å². The van der Waals surface area contributed by atoms with Gasteiger partial charge in [-0.3, -0.25) is 9.59 Å². The third-order valence-electron chi connectivity index (χ3n) is 8.92. The predicted octanol–water partition coefficient (Wildman–Crippen LogP) is 8.12. The topological polar surface area (TPSA) is 100 Å². The molecule has 1 saturated heterocycles. The number of benzene rings is 3. The minimum Gasteiger partial charge on any atom is -0.481 e. The number of carboxylic acid groups (broad SMARTS) is 1. The van der Waals surface area contributed by atoms with Crippen molar-refractivity contribution >= 4 is 23.6 Å². The standard InChI is InChI=1S/C36H40F3N3O5/c1-35(2,3)27-13-15-29(16-14-27)42-31(24-7-9-25(10-8-24)33(45)40-20-19-32(43)44)22-46-34(42)41-28-6-4-5-26(21-28)23-11-17-30(18-12-23)47-36(37,38)39/h4-12,17-18,21,27,29,31H,13-16,19-20,22H2,1-3H3,(H,40,45)(H,43,44). The molecule has 2 N–H and O–H groups in total. The van der Waals surface area contributed by atoms with Gasteiger partial charge in [0.15, 0.2) is 0 Å². The second kappa shape index (κ2) is 14.1. The molecule has 0 aromatic heterocycles. The zero-order chi connectivity index (χ0) is 33.8. The number of ether oxygens (including phenoxy) is 2. The molecule has 1 heterocycles. The lowest BCUT2D eigenvalue weighted by Crippen LogP contribution is -2.42. The summed E-state index contributed by atoms with van der Waals surface area (Å²) in [5.74, 6) is -0.977. The SMILES string of the molecule is CC(C)(C)C1CCC(N2C(=Nc3cccc(-c4ccc(OC(F)(F)F)cc4)c3)OCC2c2ccc(C(=O)NCCC(=O)O)cc2)CC1. The van der Waals surface area contributed by atoms with Gasteiger partial charge in [0, 0.05) is 18.2 Å². The summed E-state index contributed by atoms with van der Waals surface area (Å²) < 4.78 is 48.1. The molecule has 0 radical (unpaired) electrons. The van der Waals surface area contributed by atoms with Crippen molar-refractivity contribution in [1.82, 2.24) is 10.2 Å².